The van der Waals surface area contributed by atoms with E-state index in [-0.39, 0.29) is 12.5 Å². The lowest BCUT2D eigenvalue weighted by molar-refractivity contribution is -0.121. The Balaban J connectivity index is 3.60. The fraction of sp³-hybridized carbons (Fsp3) is 0.800. The van der Waals surface area contributed by atoms with Crippen LogP contribution in [-0.4, -0.2) is 24.2 Å². The van der Waals surface area contributed by atoms with E-state index < -0.39 is 5.41 Å². The minimum absolute atomic E-state index is 0.0539. The maximum absolute atomic E-state index is 11.2. The lowest BCUT2D eigenvalue weighted by atomic mass is 9.96. The first-order chi connectivity index (χ1) is 6.52. The fourth-order valence-corrected chi connectivity index (χ4v) is 0.845. The van der Waals surface area contributed by atoms with E-state index >= 15 is 0 Å². The monoisotopic (exact) mass is 198 g/mol. The number of nitrogens with zero attached hydrogens (tertiary/aromatic N) is 1. The number of carbonyl (C=O) groups is 1. The lowest BCUT2D eigenvalue weighted by Crippen LogP contribution is -2.32. The summed E-state index contributed by atoms with van der Waals surface area (Å²) in [6.45, 7) is 4.06. The van der Waals surface area contributed by atoms with Gasteiger partial charge in [-0.2, -0.15) is 5.26 Å². The van der Waals surface area contributed by atoms with Gasteiger partial charge in [-0.3, -0.25) is 4.79 Å². The summed E-state index contributed by atoms with van der Waals surface area (Å²) in [7, 11) is 0. The Morgan fingerprint density at radius 3 is 2.64 bits per heavy atom. The molecule has 0 atom stereocenters. The number of amides is 1. The van der Waals surface area contributed by atoms with Crippen molar-refractivity contribution in [2.75, 3.05) is 13.2 Å². The molecule has 0 saturated heterocycles. The molecule has 80 valence electrons. The van der Waals surface area contributed by atoms with Crippen LogP contribution < -0.4 is 5.32 Å². The van der Waals surface area contributed by atoms with E-state index in [1.807, 2.05) is 0 Å². The molecule has 1 amide bonds. The molecule has 0 rings (SSSR count). The molecule has 0 aromatic carbocycles. The average molecular weight is 198 g/mol. The quantitative estimate of drug-likeness (QED) is 0.620. The third kappa shape index (κ3) is 6.44. The van der Waals surface area contributed by atoms with E-state index in [0.29, 0.717) is 25.8 Å². The molecule has 0 saturated carbocycles. The predicted molar refractivity (Wildman–Crippen MR) is 53.3 cm³/mol. The molecule has 0 heterocycles. The molecule has 4 heteroatoms. The summed E-state index contributed by atoms with van der Waals surface area (Å²) >= 11 is 0. The van der Waals surface area contributed by atoms with Crippen molar-refractivity contribution in [1.29, 1.82) is 5.26 Å². The van der Waals surface area contributed by atoms with E-state index in [1.165, 1.54) is 0 Å². The van der Waals surface area contributed by atoms with E-state index in [1.54, 1.807) is 13.8 Å². The first-order valence-electron chi connectivity index (χ1n) is 4.80. The van der Waals surface area contributed by atoms with Gasteiger partial charge in [-0.1, -0.05) is 0 Å². The van der Waals surface area contributed by atoms with Gasteiger partial charge < -0.3 is 10.4 Å². The second-order valence-corrected chi connectivity index (χ2v) is 3.95. The zero-order chi connectivity index (χ0) is 11.0. The maximum atomic E-state index is 11.2. The molecule has 0 aliphatic heterocycles. The summed E-state index contributed by atoms with van der Waals surface area (Å²) in [5.41, 5.74) is -0.507. The second kappa shape index (κ2) is 6.39. The third-order valence-corrected chi connectivity index (χ3v) is 1.84. The number of rotatable bonds is 6. The molecule has 0 bridgehead atoms. The van der Waals surface area contributed by atoms with Crippen molar-refractivity contribution in [2.45, 2.75) is 33.1 Å². The van der Waals surface area contributed by atoms with Gasteiger partial charge in [0.15, 0.2) is 0 Å². The van der Waals surface area contributed by atoms with Crippen LogP contribution in [0.3, 0.4) is 0 Å². The second-order valence-electron chi connectivity index (χ2n) is 3.95. The normalized spacial score (nSPS) is 10.7. The Morgan fingerprint density at radius 1 is 1.50 bits per heavy atom. The van der Waals surface area contributed by atoms with E-state index in [9.17, 15) is 4.79 Å². The zero-order valence-electron chi connectivity index (χ0n) is 8.84. The van der Waals surface area contributed by atoms with Gasteiger partial charge in [-0.15, -0.1) is 0 Å². The van der Waals surface area contributed by atoms with Crippen LogP contribution in [-0.2, 0) is 4.79 Å². The Labute approximate surface area is 84.9 Å². The number of hydrogen-bond donors (Lipinski definition) is 2. The van der Waals surface area contributed by atoms with Gasteiger partial charge in [0, 0.05) is 19.6 Å². The number of nitrogens with one attached hydrogen (secondary N) is 1. The standard InChI is InChI=1S/C10H18N2O2/c1-10(2,7-11)8-12-9(14)5-3-4-6-13/h13H,3-6,8H2,1-2H3,(H,12,14). The molecule has 0 radical (unpaired) electrons. The zero-order valence-corrected chi connectivity index (χ0v) is 8.84. The van der Waals surface area contributed by atoms with E-state index in [0.717, 1.165) is 0 Å². The smallest absolute Gasteiger partial charge is 0.220 e. The molecule has 0 aromatic rings. The van der Waals surface area contributed by atoms with Gasteiger partial charge in [0.1, 0.15) is 0 Å². The van der Waals surface area contributed by atoms with E-state index in [4.69, 9.17) is 10.4 Å². The number of hydrogen-bond acceptors (Lipinski definition) is 3. The predicted octanol–water partition coefficient (Wildman–Crippen LogP) is 0.815. The van der Waals surface area contributed by atoms with Crippen molar-refractivity contribution < 1.29 is 9.90 Å². The molecule has 0 aliphatic carbocycles. The summed E-state index contributed by atoms with van der Waals surface area (Å²) < 4.78 is 0. The minimum Gasteiger partial charge on any atom is -0.396 e. The van der Waals surface area contributed by atoms with Crippen LogP contribution in [0, 0.1) is 16.7 Å². The minimum atomic E-state index is -0.507. The molecule has 0 aromatic heterocycles. The van der Waals surface area contributed by atoms with Crippen molar-refractivity contribution in [3.05, 3.63) is 0 Å². The lowest BCUT2D eigenvalue weighted by Gasteiger charge is -2.15. The van der Waals surface area contributed by atoms with Crippen LogP contribution in [0.1, 0.15) is 33.1 Å². The van der Waals surface area contributed by atoms with Gasteiger partial charge in [-0.25, -0.2) is 0 Å². The van der Waals surface area contributed by atoms with Crippen LogP contribution in [0.25, 0.3) is 0 Å². The van der Waals surface area contributed by atoms with Crippen LogP contribution in [0.5, 0.6) is 0 Å². The molecule has 0 fully saturated rings. The third-order valence-electron chi connectivity index (χ3n) is 1.84. The molecule has 0 spiro atoms. The average Bonchev–Trinajstić information content (AvgIpc) is 2.16. The summed E-state index contributed by atoms with van der Waals surface area (Å²) in [5, 5.41) is 19.9. The largest absolute Gasteiger partial charge is 0.396 e. The summed E-state index contributed by atoms with van der Waals surface area (Å²) in [6, 6.07) is 2.11. The van der Waals surface area contributed by atoms with Crippen LogP contribution in [0.4, 0.5) is 0 Å². The van der Waals surface area contributed by atoms with Gasteiger partial charge >= 0.3 is 0 Å². The number of nitriles is 1. The molecular weight excluding hydrogens is 180 g/mol. The topological polar surface area (TPSA) is 73.1 Å². The number of carbonyl (C=O) groups excluding carboxylic acids is 1. The molecule has 14 heavy (non-hydrogen) atoms. The van der Waals surface area contributed by atoms with Crippen molar-refractivity contribution >= 4 is 5.91 Å². The summed E-state index contributed by atoms with van der Waals surface area (Å²) in [5.74, 6) is -0.0539. The molecule has 0 aliphatic rings. The molecule has 2 N–H and O–H groups in total. The molecule has 0 unspecified atom stereocenters. The van der Waals surface area contributed by atoms with Crippen LogP contribution in [0.2, 0.25) is 0 Å². The Bertz CT molecular complexity index is 219. The Hall–Kier alpha value is -1.08. The summed E-state index contributed by atoms with van der Waals surface area (Å²) in [6.07, 6.45) is 1.76. The Morgan fingerprint density at radius 2 is 2.14 bits per heavy atom. The highest BCUT2D eigenvalue weighted by molar-refractivity contribution is 5.75. The Kier molecular flexibility index (Phi) is 5.89. The van der Waals surface area contributed by atoms with Gasteiger partial charge in [0.25, 0.3) is 0 Å². The fourth-order valence-electron chi connectivity index (χ4n) is 0.845. The highest BCUT2D eigenvalue weighted by Crippen LogP contribution is 2.10. The SMILES string of the molecule is CC(C)(C#N)CNC(=O)CCCCO. The first kappa shape index (κ1) is 12.9. The summed E-state index contributed by atoms with van der Waals surface area (Å²) in [4.78, 5) is 11.2. The highest BCUT2D eigenvalue weighted by atomic mass is 16.2. The van der Waals surface area contributed by atoms with Gasteiger partial charge in [0.05, 0.1) is 11.5 Å². The van der Waals surface area contributed by atoms with Gasteiger partial charge in [-0.05, 0) is 26.7 Å². The number of aliphatic hydroxyl groups excluding tert-OH is 1. The van der Waals surface area contributed by atoms with Crippen LogP contribution in [0.15, 0.2) is 0 Å². The van der Waals surface area contributed by atoms with Crippen molar-refractivity contribution in [2.24, 2.45) is 5.41 Å². The highest BCUT2D eigenvalue weighted by Gasteiger charge is 2.17. The molecule has 4 nitrogen and oxygen atoms in total. The first-order valence-corrected chi connectivity index (χ1v) is 4.80. The van der Waals surface area contributed by atoms with Gasteiger partial charge in [0.2, 0.25) is 5.91 Å². The maximum Gasteiger partial charge on any atom is 0.220 e. The number of aliphatic hydroxyl groups is 1. The van der Waals surface area contributed by atoms with Crippen molar-refractivity contribution in [3.8, 4) is 6.07 Å². The van der Waals surface area contributed by atoms with Crippen LogP contribution >= 0.6 is 0 Å². The molecular formula is C10H18N2O2. The number of unbranched alkanes of at least 4 members (excludes halogenated alkanes) is 1. The van der Waals surface area contributed by atoms with Crippen molar-refractivity contribution in [3.63, 3.8) is 0 Å². The van der Waals surface area contributed by atoms with E-state index in [2.05, 4.69) is 11.4 Å². The van der Waals surface area contributed by atoms with Crippen molar-refractivity contribution in [1.82, 2.24) is 5.32 Å².